The molecule has 0 aliphatic carbocycles. The molecule has 122 valence electrons. The van der Waals surface area contributed by atoms with Crippen LogP contribution < -0.4 is 4.72 Å². The number of sulfonamides is 1. The molecular formula is C15H15NO6S. The number of nitrogens with one attached hydrogen (secondary N) is 1. The van der Waals surface area contributed by atoms with Crippen molar-refractivity contribution in [1.29, 1.82) is 0 Å². The van der Waals surface area contributed by atoms with Crippen LogP contribution >= 0.6 is 0 Å². The lowest BCUT2D eigenvalue weighted by Gasteiger charge is -2.09. The molecule has 1 N–H and O–H groups in total. The van der Waals surface area contributed by atoms with Gasteiger partial charge in [-0.2, -0.15) is 4.72 Å². The van der Waals surface area contributed by atoms with Gasteiger partial charge in [0.2, 0.25) is 16.1 Å². The Bertz CT molecular complexity index is 747. The summed E-state index contributed by atoms with van der Waals surface area (Å²) in [5, 5.41) is 0. The van der Waals surface area contributed by atoms with E-state index >= 15 is 0 Å². The van der Waals surface area contributed by atoms with E-state index in [1.165, 1.54) is 24.3 Å². The standard InChI is InChI=1S/C15H15NO6S/c1-3-8-16-23(19,20)12-6-4-11(5-7-12)14(17)22-13-9-10(2)21-15(13)18/h1,4-7,10,13,16H,8-9H2,2H3/t10-,13-/m0/s1. The van der Waals surface area contributed by atoms with Crippen LogP contribution in [0.25, 0.3) is 0 Å². The molecule has 0 saturated carbocycles. The van der Waals surface area contributed by atoms with E-state index in [2.05, 4.69) is 10.6 Å². The summed E-state index contributed by atoms with van der Waals surface area (Å²) in [5.74, 6) is 0.862. The van der Waals surface area contributed by atoms with Gasteiger partial charge in [0.1, 0.15) is 6.10 Å². The number of terminal acetylenes is 1. The first kappa shape index (κ1) is 17.0. The van der Waals surface area contributed by atoms with Crippen LogP contribution in [0.15, 0.2) is 29.2 Å². The van der Waals surface area contributed by atoms with Gasteiger partial charge in [-0.05, 0) is 31.2 Å². The molecule has 1 aromatic rings. The number of hydrogen-bond donors (Lipinski definition) is 1. The van der Waals surface area contributed by atoms with Gasteiger partial charge < -0.3 is 9.47 Å². The largest absolute Gasteiger partial charge is 0.460 e. The van der Waals surface area contributed by atoms with E-state index in [0.717, 1.165) is 0 Å². The first-order valence-corrected chi connectivity index (χ1v) is 8.26. The smallest absolute Gasteiger partial charge is 0.347 e. The van der Waals surface area contributed by atoms with Crippen LogP contribution in [0.2, 0.25) is 0 Å². The Hall–Kier alpha value is -2.37. The second-order valence-corrected chi connectivity index (χ2v) is 6.70. The highest BCUT2D eigenvalue weighted by Crippen LogP contribution is 2.19. The summed E-state index contributed by atoms with van der Waals surface area (Å²) in [4.78, 5) is 23.4. The molecule has 0 bridgehead atoms. The van der Waals surface area contributed by atoms with Crippen molar-refractivity contribution in [1.82, 2.24) is 4.72 Å². The highest BCUT2D eigenvalue weighted by Gasteiger charge is 2.35. The van der Waals surface area contributed by atoms with Gasteiger partial charge in [0.15, 0.2) is 0 Å². The van der Waals surface area contributed by atoms with Crippen molar-refractivity contribution >= 4 is 22.0 Å². The lowest BCUT2D eigenvalue weighted by atomic mass is 10.2. The number of benzene rings is 1. The molecule has 1 aliphatic heterocycles. The van der Waals surface area contributed by atoms with Gasteiger partial charge in [-0.3, -0.25) is 0 Å². The molecular weight excluding hydrogens is 322 g/mol. The summed E-state index contributed by atoms with van der Waals surface area (Å²) >= 11 is 0. The van der Waals surface area contributed by atoms with Gasteiger partial charge >= 0.3 is 11.9 Å². The predicted octanol–water partition coefficient (Wildman–Crippen LogP) is 0.459. The van der Waals surface area contributed by atoms with Gasteiger partial charge in [0.25, 0.3) is 0 Å². The average Bonchev–Trinajstić information content (AvgIpc) is 2.83. The Balaban J connectivity index is 2.06. The molecule has 0 unspecified atom stereocenters. The Morgan fingerprint density at radius 1 is 1.43 bits per heavy atom. The number of carbonyl (C=O) groups is 2. The lowest BCUT2D eigenvalue weighted by Crippen LogP contribution is -2.24. The second-order valence-electron chi connectivity index (χ2n) is 4.93. The molecule has 7 nitrogen and oxygen atoms in total. The number of esters is 2. The van der Waals surface area contributed by atoms with Crippen molar-refractivity contribution in [3.8, 4) is 12.3 Å². The van der Waals surface area contributed by atoms with Crippen LogP contribution in [0, 0.1) is 12.3 Å². The van der Waals surface area contributed by atoms with Crippen LogP contribution in [0.3, 0.4) is 0 Å². The fourth-order valence-electron chi connectivity index (χ4n) is 2.00. The van der Waals surface area contributed by atoms with E-state index in [1.807, 2.05) is 0 Å². The Morgan fingerprint density at radius 3 is 2.61 bits per heavy atom. The van der Waals surface area contributed by atoms with E-state index in [9.17, 15) is 18.0 Å². The zero-order valence-corrected chi connectivity index (χ0v) is 13.1. The number of cyclic esters (lactones) is 1. The normalized spacial score (nSPS) is 20.6. The third kappa shape index (κ3) is 4.09. The van der Waals surface area contributed by atoms with Crippen molar-refractivity contribution in [3.05, 3.63) is 29.8 Å². The van der Waals surface area contributed by atoms with Crippen LogP contribution in [-0.4, -0.2) is 39.1 Å². The molecule has 1 heterocycles. The third-order valence-corrected chi connectivity index (χ3v) is 4.56. The molecule has 0 spiro atoms. The highest BCUT2D eigenvalue weighted by molar-refractivity contribution is 7.89. The SMILES string of the molecule is C#CCNS(=O)(=O)c1ccc(C(=O)O[C@H]2C[C@H](C)OC2=O)cc1. The number of rotatable bonds is 5. The fourth-order valence-corrected chi connectivity index (χ4v) is 2.94. The van der Waals surface area contributed by atoms with Crippen molar-refractivity contribution in [2.45, 2.75) is 30.4 Å². The molecule has 1 fully saturated rings. The average molecular weight is 337 g/mol. The minimum absolute atomic E-state index is 0.0294. The molecule has 0 amide bonds. The minimum Gasteiger partial charge on any atom is -0.460 e. The first-order valence-electron chi connectivity index (χ1n) is 6.78. The van der Waals surface area contributed by atoms with Crippen molar-refractivity contribution in [2.24, 2.45) is 0 Å². The zero-order valence-electron chi connectivity index (χ0n) is 12.3. The maximum atomic E-state index is 12.0. The summed E-state index contributed by atoms with van der Waals surface area (Å²) in [7, 11) is -3.72. The van der Waals surface area contributed by atoms with Crippen LogP contribution in [0.4, 0.5) is 0 Å². The fraction of sp³-hybridized carbons (Fsp3) is 0.333. The summed E-state index contributed by atoms with van der Waals surface area (Å²) in [6.45, 7) is 1.57. The van der Waals surface area contributed by atoms with Crippen molar-refractivity contribution in [2.75, 3.05) is 6.54 Å². The summed E-state index contributed by atoms with van der Waals surface area (Å²) < 4.78 is 35.9. The topological polar surface area (TPSA) is 98.8 Å². The van der Waals surface area contributed by atoms with E-state index in [0.29, 0.717) is 6.42 Å². The molecule has 1 aromatic carbocycles. The summed E-state index contributed by atoms with van der Waals surface area (Å²) in [6, 6.07) is 5.11. The van der Waals surface area contributed by atoms with Gasteiger partial charge in [-0.25, -0.2) is 18.0 Å². The van der Waals surface area contributed by atoms with E-state index in [4.69, 9.17) is 15.9 Å². The molecule has 23 heavy (non-hydrogen) atoms. The van der Waals surface area contributed by atoms with Crippen LogP contribution in [-0.2, 0) is 24.3 Å². The zero-order chi connectivity index (χ0) is 17.0. The Morgan fingerprint density at radius 2 is 2.09 bits per heavy atom. The number of ether oxygens (including phenoxy) is 2. The number of hydrogen-bond acceptors (Lipinski definition) is 6. The molecule has 1 saturated heterocycles. The third-order valence-electron chi connectivity index (χ3n) is 3.14. The van der Waals surface area contributed by atoms with E-state index in [1.54, 1.807) is 6.92 Å². The Labute approximate surface area is 134 Å². The van der Waals surface area contributed by atoms with Crippen LogP contribution in [0.1, 0.15) is 23.7 Å². The minimum atomic E-state index is -3.72. The summed E-state index contributed by atoms with van der Waals surface area (Å²) in [6.07, 6.45) is 4.07. The van der Waals surface area contributed by atoms with Gasteiger partial charge in [-0.15, -0.1) is 6.42 Å². The van der Waals surface area contributed by atoms with Gasteiger partial charge in [0.05, 0.1) is 17.0 Å². The molecule has 0 radical (unpaired) electrons. The Kier molecular flexibility index (Phi) is 5.03. The van der Waals surface area contributed by atoms with Crippen LogP contribution in [0.5, 0.6) is 0 Å². The lowest BCUT2D eigenvalue weighted by molar-refractivity contribution is -0.147. The van der Waals surface area contributed by atoms with E-state index in [-0.39, 0.29) is 23.1 Å². The van der Waals surface area contributed by atoms with Gasteiger partial charge in [-0.1, -0.05) is 5.92 Å². The monoisotopic (exact) mass is 337 g/mol. The first-order chi connectivity index (χ1) is 10.8. The number of carbonyl (C=O) groups excluding carboxylic acids is 2. The molecule has 0 aromatic heterocycles. The van der Waals surface area contributed by atoms with Crippen molar-refractivity contribution in [3.63, 3.8) is 0 Å². The highest BCUT2D eigenvalue weighted by atomic mass is 32.2. The molecule has 2 rings (SSSR count). The maximum absolute atomic E-state index is 12.0. The molecule has 2 atom stereocenters. The predicted molar refractivity (Wildman–Crippen MR) is 79.8 cm³/mol. The van der Waals surface area contributed by atoms with Crippen molar-refractivity contribution < 1.29 is 27.5 Å². The molecule has 8 heteroatoms. The van der Waals surface area contributed by atoms with Gasteiger partial charge in [0, 0.05) is 6.42 Å². The van der Waals surface area contributed by atoms with E-state index < -0.39 is 28.1 Å². The summed E-state index contributed by atoms with van der Waals surface area (Å²) in [5.41, 5.74) is 0.133. The molecule has 1 aliphatic rings. The maximum Gasteiger partial charge on any atom is 0.347 e. The second kappa shape index (κ2) is 6.81. The quantitative estimate of drug-likeness (QED) is 0.619.